The van der Waals surface area contributed by atoms with Crippen molar-refractivity contribution < 1.29 is 23.7 Å². The highest BCUT2D eigenvalue weighted by Gasteiger charge is 2.15. The van der Waals surface area contributed by atoms with Gasteiger partial charge in [-0.1, -0.05) is 0 Å². The van der Waals surface area contributed by atoms with Gasteiger partial charge in [0.05, 0.1) is 13.7 Å². The molecule has 0 aliphatic heterocycles. The van der Waals surface area contributed by atoms with Crippen LogP contribution in [0.3, 0.4) is 0 Å². The van der Waals surface area contributed by atoms with E-state index in [1.165, 1.54) is 0 Å². The lowest BCUT2D eigenvalue weighted by Gasteiger charge is -2.19. The van der Waals surface area contributed by atoms with Gasteiger partial charge in [0.25, 0.3) is 5.88 Å². The number of carbonyl (C=O) groups excluding carboxylic acids is 1. The molecule has 0 unspecified atom stereocenters. The molecule has 0 bridgehead atoms. The Balaban J connectivity index is 2.51. The van der Waals surface area contributed by atoms with Gasteiger partial charge in [-0.15, -0.1) is 0 Å². The van der Waals surface area contributed by atoms with Crippen LogP contribution in [0.4, 0.5) is 4.79 Å². The first-order valence-corrected chi connectivity index (χ1v) is 7.97. The molecule has 0 spiro atoms. The van der Waals surface area contributed by atoms with Crippen LogP contribution < -0.4 is 14.8 Å². The largest absolute Gasteiger partial charge is 0.488 e. The lowest BCUT2D eigenvalue weighted by Crippen LogP contribution is -2.33. The summed E-state index contributed by atoms with van der Waals surface area (Å²) in [6.45, 7) is 7.08. The first kappa shape index (κ1) is 20.0. The summed E-state index contributed by atoms with van der Waals surface area (Å²) in [7, 11) is 3.20. The van der Waals surface area contributed by atoms with E-state index in [1.807, 2.05) is 26.8 Å². The molecule has 1 rings (SSSR count). The molecule has 24 heavy (non-hydrogen) atoms. The summed E-state index contributed by atoms with van der Waals surface area (Å²) in [6, 6.07) is 1.87. The molecular formula is C17H28N2O5. The summed E-state index contributed by atoms with van der Waals surface area (Å²) in [5.74, 6) is 1.03. The van der Waals surface area contributed by atoms with Crippen molar-refractivity contribution >= 4 is 6.09 Å². The first-order valence-electron chi connectivity index (χ1n) is 7.97. The van der Waals surface area contributed by atoms with Crippen LogP contribution >= 0.6 is 0 Å². The fourth-order valence-corrected chi connectivity index (χ4v) is 1.87. The number of pyridine rings is 1. The van der Waals surface area contributed by atoms with E-state index in [1.54, 1.807) is 20.4 Å². The van der Waals surface area contributed by atoms with Crippen LogP contribution in [0.1, 0.15) is 32.8 Å². The van der Waals surface area contributed by atoms with Crippen LogP contribution in [0.25, 0.3) is 0 Å². The highest BCUT2D eigenvalue weighted by atomic mass is 16.6. The molecule has 7 nitrogen and oxygen atoms in total. The van der Waals surface area contributed by atoms with E-state index in [0.717, 1.165) is 12.0 Å². The molecule has 0 fully saturated rings. The van der Waals surface area contributed by atoms with Crippen molar-refractivity contribution in [2.45, 2.75) is 39.2 Å². The minimum absolute atomic E-state index is 0.431. The number of alkyl carbamates (subject to hydrolysis) is 1. The molecule has 0 saturated heterocycles. The van der Waals surface area contributed by atoms with Gasteiger partial charge >= 0.3 is 6.09 Å². The van der Waals surface area contributed by atoms with Crippen LogP contribution in [0.2, 0.25) is 0 Å². The van der Waals surface area contributed by atoms with Crippen LogP contribution in [-0.4, -0.2) is 50.7 Å². The summed E-state index contributed by atoms with van der Waals surface area (Å²) < 4.78 is 21.1. The number of hydrogen-bond donors (Lipinski definition) is 1. The number of ether oxygens (including phenoxy) is 4. The molecule has 0 aliphatic carbocycles. The zero-order valence-corrected chi connectivity index (χ0v) is 15.2. The Morgan fingerprint density at radius 3 is 2.62 bits per heavy atom. The van der Waals surface area contributed by atoms with Crippen LogP contribution in [0.15, 0.2) is 12.3 Å². The lowest BCUT2D eigenvalue weighted by molar-refractivity contribution is 0.0528. The average molecular weight is 340 g/mol. The molecule has 0 saturated carbocycles. The molecule has 1 amide bonds. The van der Waals surface area contributed by atoms with Crippen LogP contribution in [-0.2, 0) is 15.9 Å². The molecular weight excluding hydrogens is 312 g/mol. The van der Waals surface area contributed by atoms with E-state index in [4.69, 9.17) is 18.9 Å². The average Bonchev–Trinajstić information content (AvgIpc) is 2.50. The molecule has 7 heteroatoms. The van der Waals surface area contributed by atoms with Crippen molar-refractivity contribution in [3.63, 3.8) is 0 Å². The number of rotatable bonds is 9. The number of aromatic nitrogens is 1. The second-order valence-corrected chi connectivity index (χ2v) is 6.22. The molecule has 1 aromatic rings. The van der Waals surface area contributed by atoms with Crippen molar-refractivity contribution in [1.29, 1.82) is 0 Å². The van der Waals surface area contributed by atoms with Gasteiger partial charge in [0.1, 0.15) is 5.60 Å². The van der Waals surface area contributed by atoms with E-state index in [2.05, 4.69) is 10.3 Å². The van der Waals surface area contributed by atoms with E-state index in [-0.39, 0.29) is 0 Å². The van der Waals surface area contributed by atoms with E-state index < -0.39 is 11.7 Å². The second-order valence-electron chi connectivity index (χ2n) is 6.22. The standard InChI is InChI=1S/C17H28N2O5/c1-17(2,3)24-16(20)18-8-7-13-11-14(15(22-5)19-12-13)23-10-6-9-21-4/h11-12H,6-10H2,1-5H3,(H,18,20). The summed E-state index contributed by atoms with van der Waals surface area (Å²) in [5.41, 5.74) is 0.434. The summed E-state index contributed by atoms with van der Waals surface area (Å²) in [4.78, 5) is 15.8. The predicted molar refractivity (Wildman–Crippen MR) is 90.7 cm³/mol. The molecule has 0 atom stereocenters. The maximum Gasteiger partial charge on any atom is 0.407 e. The highest BCUT2D eigenvalue weighted by molar-refractivity contribution is 5.67. The monoisotopic (exact) mass is 340 g/mol. The summed E-state index contributed by atoms with van der Waals surface area (Å²) in [5, 5.41) is 2.72. The number of carbonyl (C=O) groups is 1. The molecule has 1 aromatic heterocycles. The van der Waals surface area contributed by atoms with Crippen molar-refractivity contribution in [3.8, 4) is 11.6 Å². The third kappa shape index (κ3) is 8.01. The third-order valence-corrected chi connectivity index (χ3v) is 2.90. The summed E-state index contributed by atoms with van der Waals surface area (Å²) in [6.07, 6.45) is 2.67. The van der Waals surface area contributed by atoms with E-state index >= 15 is 0 Å². The smallest absolute Gasteiger partial charge is 0.407 e. The minimum atomic E-state index is -0.505. The maximum absolute atomic E-state index is 11.6. The van der Waals surface area contributed by atoms with Gasteiger partial charge in [-0.25, -0.2) is 9.78 Å². The fraction of sp³-hybridized carbons (Fsp3) is 0.647. The number of methoxy groups -OCH3 is 2. The molecule has 136 valence electrons. The number of hydrogen-bond acceptors (Lipinski definition) is 6. The number of nitrogens with one attached hydrogen (secondary N) is 1. The second kappa shape index (κ2) is 9.97. The Kier molecular flexibility index (Phi) is 8.32. The Labute approximate surface area is 143 Å². The van der Waals surface area contributed by atoms with Gasteiger partial charge < -0.3 is 24.3 Å². The molecule has 0 aliphatic rings. The van der Waals surface area contributed by atoms with Crippen molar-refractivity contribution in [2.75, 3.05) is 34.0 Å². The highest BCUT2D eigenvalue weighted by Crippen LogP contribution is 2.25. The van der Waals surface area contributed by atoms with Crippen molar-refractivity contribution in [1.82, 2.24) is 10.3 Å². The molecule has 1 heterocycles. The quantitative estimate of drug-likeness (QED) is 0.696. The van der Waals surface area contributed by atoms with E-state index in [0.29, 0.717) is 37.8 Å². The predicted octanol–water partition coefficient (Wildman–Crippen LogP) is 2.57. The van der Waals surface area contributed by atoms with Crippen molar-refractivity contribution in [2.24, 2.45) is 0 Å². The van der Waals surface area contributed by atoms with Crippen molar-refractivity contribution in [3.05, 3.63) is 17.8 Å². The zero-order chi connectivity index (χ0) is 18.0. The Hall–Kier alpha value is -2.02. The van der Waals surface area contributed by atoms with Gasteiger partial charge in [0.15, 0.2) is 5.75 Å². The zero-order valence-electron chi connectivity index (χ0n) is 15.2. The van der Waals surface area contributed by atoms with E-state index in [9.17, 15) is 4.79 Å². The Morgan fingerprint density at radius 1 is 1.25 bits per heavy atom. The van der Waals surface area contributed by atoms with Crippen LogP contribution in [0, 0.1) is 0 Å². The Bertz CT molecular complexity index is 514. The van der Waals surface area contributed by atoms with Gasteiger partial charge in [-0.05, 0) is 38.8 Å². The molecule has 0 aromatic carbocycles. The third-order valence-electron chi connectivity index (χ3n) is 2.90. The number of amides is 1. The van der Waals surface area contributed by atoms with Gasteiger partial charge in [-0.2, -0.15) is 0 Å². The number of nitrogens with zero attached hydrogens (tertiary/aromatic N) is 1. The summed E-state index contributed by atoms with van der Waals surface area (Å²) >= 11 is 0. The Morgan fingerprint density at radius 2 is 2.00 bits per heavy atom. The van der Waals surface area contributed by atoms with Gasteiger partial charge in [0, 0.05) is 32.9 Å². The first-order chi connectivity index (χ1) is 11.4. The fourth-order valence-electron chi connectivity index (χ4n) is 1.87. The maximum atomic E-state index is 11.6. The normalized spacial score (nSPS) is 11.0. The SMILES string of the molecule is COCCCOc1cc(CCNC(=O)OC(C)(C)C)cnc1OC. The molecule has 0 radical (unpaired) electrons. The lowest BCUT2D eigenvalue weighted by atomic mass is 10.2. The molecule has 1 N–H and O–H groups in total. The minimum Gasteiger partial charge on any atom is -0.488 e. The topological polar surface area (TPSA) is 78.9 Å². The van der Waals surface area contributed by atoms with Gasteiger partial charge in [-0.3, -0.25) is 0 Å². The van der Waals surface area contributed by atoms with Crippen LogP contribution in [0.5, 0.6) is 11.6 Å². The van der Waals surface area contributed by atoms with Gasteiger partial charge in [0.2, 0.25) is 0 Å².